The molecule has 0 aliphatic rings. The third-order valence-electron chi connectivity index (χ3n) is 9.54. The highest BCUT2D eigenvalue weighted by molar-refractivity contribution is 7.26. The first kappa shape index (κ1) is 28.6. The van der Waals surface area contributed by atoms with E-state index in [9.17, 15) is 0 Å². The van der Waals surface area contributed by atoms with Crippen molar-refractivity contribution in [1.82, 2.24) is 9.97 Å². The van der Waals surface area contributed by atoms with Crippen molar-refractivity contribution < 1.29 is 4.42 Å². The predicted octanol–water partition coefficient (Wildman–Crippen LogP) is 13.1. The van der Waals surface area contributed by atoms with E-state index in [1.54, 1.807) is 11.3 Å². The van der Waals surface area contributed by atoms with Crippen molar-refractivity contribution in [2.24, 2.45) is 0 Å². The second-order valence-corrected chi connectivity index (χ2v) is 13.6. The normalized spacial score (nSPS) is 11.6. The van der Waals surface area contributed by atoms with Crippen LogP contribution in [0.25, 0.3) is 98.3 Å². The van der Waals surface area contributed by atoms with E-state index in [0.717, 1.165) is 59.9 Å². The third kappa shape index (κ3) is 4.73. The minimum atomic E-state index is 0.687. The molecule has 3 aromatic heterocycles. The van der Waals surface area contributed by atoms with E-state index in [1.807, 2.05) is 18.2 Å². The fraction of sp³-hybridized carbons (Fsp3) is 0. The van der Waals surface area contributed by atoms with Gasteiger partial charge < -0.3 is 4.42 Å². The quantitative estimate of drug-likeness (QED) is 0.185. The summed E-state index contributed by atoms with van der Waals surface area (Å²) < 4.78 is 8.77. The molecule has 0 amide bonds. The molecular formula is C46H28N2OS. The molecule has 0 radical (unpaired) electrons. The van der Waals surface area contributed by atoms with E-state index in [1.165, 1.54) is 32.5 Å². The second-order valence-electron chi connectivity index (χ2n) is 12.5. The number of hydrogen-bond acceptors (Lipinski definition) is 4. The lowest BCUT2D eigenvalue weighted by molar-refractivity contribution is 0.669. The summed E-state index contributed by atoms with van der Waals surface area (Å²) in [5.41, 5.74) is 12.7. The number of thiophene rings is 1. The van der Waals surface area contributed by atoms with Crippen molar-refractivity contribution in [3.63, 3.8) is 0 Å². The minimum absolute atomic E-state index is 0.687. The van der Waals surface area contributed by atoms with Crippen molar-refractivity contribution >= 4 is 53.6 Å². The molecule has 0 saturated carbocycles. The highest BCUT2D eigenvalue weighted by Crippen LogP contribution is 2.43. The molecule has 3 nitrogen and oxygen atoms in total. The first-order valence-electron chi connectivity index (χ1n) is 16.7. The Morgan fingerprint density at radius 3 is 1.84 bits per heavy atom. The first-order chi connectivity index (χ1) is 24.8. The van der Waals surface area contributed by atoms with Crippen LogP contribution in [0.15, 0.2) is 174 Å². The van der Waals surface area contributed by atoms with Crippen LogP contribution in [-0.4, -0.2) is 9.97 Å². The number of hydrogen-bond donors (Lipinski definition) is 0. The molecule has 7 aromatic carbocycles. The Morgan fingerprint density at radius 1 is 0.420 bits per heavy atom. The first-order valence-corrected chi connectivity index (χ1v) is 17.6. The van der Waals surface area contributed by atoms with Crippen LogP contribution in [0.5, 0.6) is 0 Å². The van der Waals surface area contributed by atoms with Gasteiger partial charge in [0.15, 0.2) is 5.82 Å². The van der Waals surface area contributed by atoms with Gasteiger partial charge in [-0.15, -0.1) is 11.3 Å². The van der Waals surface area contributed by atoms with Gasteiger partial charge in [0.05, 0.1) is 15.9 Å². The second kappa shape index (κ2) is 11.7. The maximum absolute atomic E-state index is 6.48. The van der Waals surface area contributed by atoms with Crippen molar-refractivity contribution in [2.45, 2.75) is 0 Å². The van der Waals surface area contributed by atoms with E-state index in [2.05, 4.69) is 152 Å². The Labute approximate surface area is 292 Å². The van der Waals surface area contributed by atoms with Gasteiger partial charge >= 0.3 is 0 Å². The Morgan fingerprint density at radius 2 is 1.04 bits per heavy atom. The average molecular weight is 657 g/mol. The zero-order valence-electron chi connectivity index (χ0n) is 26.9. The maximum atomic E-state index is 6.48. The summed E-state index contributed by atoms with van der Waals surface area (Å²) in [5, 5.41) is 3.21. The van der Waals surface area contributed by atoms with E-state index in [-0.39, 0.29) is 0 Å². The molecule has 3 heterocycles. The minimum Gasteiger partial charge on any atom is -0.456 e. The molecule has 0 N–H and O–H groups in total. The molecule has 0 aliphatic heterocycles. The zero-order chi connectivity index (χ0) is 33.0. The number of nitrogens with zero attached hydrogens (tertiary/aromatic N) is 2. The van der Waals surface area contributed by atoms with Crippen LogP contribution < -0.4 is 0 Å². The van der Waals surface area contributed by atoms with Gasteiger partial charge in [0, 0.05) is 32.0 Å². The Kier molecular flexibility index (Phi) is 6.68. The number of rotatable bonds is 5. The Bertz CT molecular complexity index is 2850. The van der Waals surface area contributed by atoms with Crippen LogP contribution in [0.4, 0.5) is 0 Å². The third-order valence-corrected chi connectivity index (χ3v) is 10.7. The van der Waals surface area contributed by atoms with Crippen molar-refractivity contribution in [3.05, 3.63) is 170 Å². The molecule has 50 heavy (non-hydrogen) atoms. The van der Waals surface area contributed by atoms with Gasteiger partial charge in [0.1, 0.15) is 11.2 Å². The largest absolute Gasteiger partial charge is 0.456 e. The smallest absolute Gasteiger partial charge is 0.161 e. The lowest BCUT2D eigenvalue weighted by Crippen LogP contribution is -1.94. The van der Waals surface area contributed by atoms with E-state index in [4.69, 9.17) is 14.4 Å². The molecule has 0 atom stereocenters. The highest BCUT2D eigenvalue weighted by atomic mass is 32.1. The van der Waals surface area contributed by atoms with Gasteiger partial charge in [-0.2, -0.15) is 0 Å². The number of aromatic nitrogens is 2. The van der Waals surface area contributed by atoms with E-state index < -0.39 is 0 Å². The number of fused-ring (bicyclic) bond motifs is 6. The summed E-state index contributed by atoms with van der Waals surface area (Å²) in [4.78, 5) is 10.7. The van der Waals surface area contributed by atoms with Crippen molar-refractivity contribution in [3.8, 4) is 56.0 Å². The average Bonchev–Trinajstić information content (AvgIpc) is 3.76. The van der Waals surface area contributed by atoms with Gasteiger partial charge in [-0.3, -0.25) is 0 Å². The van der Waals surface area contributed by atoms with Crippen LogP contribution in [0.3, 0.4) is 0 Å². The standard InChI is InChI=1S/C46H28N2OS/c1-3-12-29(13-4-1)30-22-24-32(25-23-30)43-45-44(36-18-9-10-21-41(36)50-45)48-46(47-43)37-19-11-20-40-42(37)38-28-33(26-27-39(38)49-40)35-17-8-7-16-34(35)31-14-5-2-6-15-31/h1-28H. The molecule has 0 bridgehead atoms. The van der Waals surface area contributed by atoms with Gasteiger partial charge in [-0.25, -0.2) is 9.97 Å². The predicted molar refractivity (Wildman–Crippen MR) is 209 cm³/mol. The van der Waals surface area contributed by atoms with Crippen molar-refractivity contribution in [2.75, 3.05) is 0 Å². The molecule has 0 unspecified atom stereocenters. The monoisotopic (exact) mass is 656 g/mol. The van der Waals surface area contributed by atoms with Crippen LogP contribution >= 0.6 is 11.3 Å². The fourth-order valence-corrected chi connectivity index (χ4v) is 8.30. The molecule has 4 heteroatoms. The molecule has 234 valence electrons. The molecular weight excluding hydrogens is 629 g/mol. The molecule has 10 aromatic rings. The Balaban J connectivity index is 1.19. The lowest BCUT2D eigenvalue weighted by atomic mass is 9.93. The van der Waals surface area contributed by atoms with E-state index in [0.29, 0.717) is 5.82 Å². The SMILES string of the molecule is c1ccc(-c2ccc(-c3nc(-c4cccc5oc6ccc(-c7ccccc7-c7ccccc7)cc6c45)nc4c3sc3ccccc34)cc2)cc1. The molecule has 0 saturated heterocycles. The summed E-state index contributed by atoms with van der Waals surface area (Å²) in [6, 6.07) is 59.6. The fourth-order valence-electron chi connectivity index (χ4n) is 7.14. The number of benzene rings is 7. The highest BCUT2D eigenvalue weighted by Gasteiger charge is 2.20. The van der Waals surface area contributed by atoms with Gasteiger partial charge in [-0.1, -0.05) is 146 Å². The molecule has 10 rings (SSSR count). The van der Waals surface area contributed by atoms with E-state index >= 15 is 0 Å². The summed E-state index contributed by atoms with van der Waals surface area (Å²) >= 11 is 1.75. The summed E-state index contributed by atoms with van der Waals surface area (Å²) in [7, 11) is 0. The molecule has 0 aliphatic carbocycles. The van der Waals surface area contributed by atoms with Crippen LogP contribution in [0, 0.1) is 0 Å². The molecule has 0 spiro atoms. The van der Waals surface area contributed by atoms with Gasteiger partial charge in [-0.05, 0) is 57.6 Å². The molecule has 0 fully saturated rings. The van der Waals surface area contributed by atoms with Crippen LogP contribution in [0.2, 0.25) is 0 Å². The van der Waals surface area contributed by atoms with Gasteiger partial charge in [0.25, 0.3) is 0 Å². The summed E-state index contributed by atoms with van der Waals surface area (Å²) in [6.45, 7) is 0. The summed E-state index contributed by atoms with van der Waals surface area (Å²) in [5.74, 6) is 0.687. The Hall–Kier alpha value is -6.36. The van der Waals surface area contributed by atoms with Crippen LogP contribution in [0.1, 0.15) is 0 Å². The summed E-state index contributed by atoms with van der Waals surface area (Å²) in [6.07, 6.45) is 0. The van der Waals surface area contributed by atoms with Gasteiger partial charge in [0.2, 0.25) is 0 Å². The van der Waals surface area contributed by atoms with Crippen LogP contribution in [-0.2, 0) is 0 Å². The maximum Gasteiger partial charge on any atom is 0.161 e. The van der Waals surface area contributed by atoms with Crippen molar-refractivity contribution in [1.29, 1.82) is 0 Å². The number of furan rings is 1. The lowest BCUT2D eigenvalue weighted by Gasteiger charge is -2.11. The zero-order valence-corrected chi connectivity index (χ0v) is 27.7. The topological polar surface area (TPSA) is 38.9 Å².